The fourth-order valence-corrected chi connectivity index (χ4v) is 0.612. The summed E-state index contributed by atoms with van der Waals surface area (Å²) in [5, 5.41) is 3.50. The van der Waals surface area contributed by atoms with Gasteiger partial charge in [0.25, 0.3) is 0 Å². The van der Waals surface area contributed by atoms with E-state index in [0.717, 1.165) is 6.29 Å². The number of rotatable bonds is 3. The van der Waals surface area contributed by atoms with Gasteiger partial charge in [-0.3, -0.25) is 0 Å². The molecular weight excluding hydrogens is 150 g/mol. The topological polar surface area (TPSA) is 91.1 Å². The van der Waals surface area contributed by atoms with E-state index < -0.39 is 5.76 Å². The molecule has 0 aliphatic carbocycles. The summed E-state index contributed by atoms with van der Waals surface area (Å²) in [5.41, 5.74) is 0. The fourth-order valence-electron chi connectivity index (χ4n) is 0.612. The molecule has 0 aliphatic rings. The van der Waals surface area contributed by atoms with Crippen LogP contribution < -0.4 is 11.6 Å². The predicted molar refractivity (Wildman–Crippen MR) is 35.3 cm³/mol. The molecule has 0 atom stereocenters. The predicted octanol–water partition coefficient (Wildman–Crippen LogP) is -1.32. The van der Waals surface area contributed by atoms with Crippen molar-refractivity contribution in [1.29, 1.82) is 0 Å². The highest BCUT2D eigenvalue weighted by atomic mass is 16.4. The average Bonchev–Trinajstić information content (AvgIpc) is 2.28. The molecule has 0 aromatic carbocycles. The third-order valence-corrected chi connectivity index (χ3v) is 1.09. The molecular formula is C5H7N3O3. The van der Waals surface area contributed by atoms with Crippen LogP contribution >= 0.6 is 0 Å². The molecule has 0 amide bonds. The first-order chi connectivity index (χ1) is 5.24. The maximum Gasteiger partial charge on any atom is 0.456 e. The smallest absolute Gasteiger partial charge is 0.391 e. The molecule has 0 radical (unpaired) electrons. The Hall–Kier alpha value is -1.59. The van der Waals surface area contributed by atoms with Crippen molar-refractivity contribution in [3.63, 3.8) is 0 Å². The molecule has 60 valence electrons. The lowest BCUT2D eigenvalue weighted by Crippen LogP contribution is -2.23. The highest BCUT2D eigenvalue weighted by molar-refractivity contribution is 5.49. The average molecular weight is 157 g/mol. The summed E-state index contributed by atoms with van der Waals surface area (Å²) in [7, 11) is 0. The van der Waals surface area contributed by atoms with Crippen molar-refractivity contribution >= 4 is 6.29 Å². The number of aromatic nitrogens is 2. The van der Waals surface area contributed by atoms with E-state index in [1.165, 1.54) is 0 Å². The highest BCUT2D eigenvalue weighted by Crippen LogP contribution is 1.91. The standard InChI is InChI=1S/C5H7N3O3/c6-8-5(10)11-4(7-8)2-1-3-9/h3H,1-2,6H2. The number of nitrogen functional groups attached to an aromatic ring is 1. The highest BCUT2D eigenvalue weighted by Gasteiger charge is 2.03. The molecule has 0 unspecified atom stereocenters. The molecule has 11 heavy (non-hydrogen) atoms. The van der Waals surface area contributed by atoms with Crippen molar-refractivity contribution in [1.82, 2.24) is 9.89 Å². The molecule has 2 N–H and O–H groups in total. The molecule has 0 fully saturated rings. The molecule has 1 aromatic heterocycles. The van der Waals surface area contributed by atoms with E-state index >= 15 is 0 Å². The summed E-state index contributed by atoms with van der Waals surface area (Å²) in [6.07, 6.45) is 1.30. The summed E-state index contributed by atoms with van der Waals surface area (Å²) >= 11 is 0. The second-order valence-electron chi connectivity index (χ2n) is 1.91. The maximum absolute atomic E-state index is 10.5. The summed E-state index contributed by atoms with van der Waals surface area (Å²) in [5.74, 6) is 4.49. The van der Waals surface area contributed by atoms with Gasteiger partial charge in [0.2, 0.25) is 5.89 Å². The summed E-state index contributed by atoms with van der Waals surface area (Å²) in [6, 6.07) is 0. The number of nitrogens with zero attached hydrogens (tertiary/aromatic N) is 2. The second kappa shape index (κ2) is 3.00. The maximum atomic E-state index is 10.5. The van der Waals surface area contributed by atoms with Gasteiger partial charge < -0.3 is 15.1 Å². The molecule has 0 bridgehead atoms. The van der Waals surface area contributed by atoms with Crippen molar-refractivity contribution in [3.8, 4) is 0 Å². The SMILES string of the molecule is Nn1nc(CCC=O)oc1=O. The van der Waals surface area contributed by atoms with Crippen molar-refractivity contribution in [2.75, 3.05) is 5.84 Å². The minimum Gasteiger partial charge on any atom is -0.391 e. The lowest BCUT2D eigenvalue weighted by molar-refractivity contribution is -0.107. The van der Waals surface area contributed by atoms with Crippen LogP contribution in [-0.2, 0) is 11.2 Å². The third kappa shape index (κ3) is 1.66. The molecule has 6 nitrogen and oxygen atoms in total. The normalized spacial score (nSPS) is 9.82. The number of hydrogen-bond donors (Lipinski definition) is 1. The first-order valence-corrected chi connectivity index (χ1v) is 3.02. The monoisotopic (exact) mass is 157 g/mol. The van der Waals surface area contributed by atoms with Gasteiger partial charge >= 0.3 is 5.76 Å². The van der Waals surface area contributed by atoms with Gasteiger partial charge in [-0.25, -0.2) is 4.79 Å². The Morgan fingerprint density at radius 3 is 2.91 bits per heavy atom. The molecule has 0 saturated carbocycles. The Labute approximate surface area is 61.6 Å². The van der Waals surface area contributed by atoms with Crippen molar-refractivity contribution in [3.05, 3.63) is 16.4 Å². The Balaban J connectivity index is 2.72. The molecule has 0 saturated heterocycles. The van der Waals surface area contributed by atoms with Crippen molar-refractivity contribution in [2.45, 2.75) is 12.8 Å². The van der Waals surface area contributed by atoms with Gasteiger partial charge in [-0.05, 0) is 0 Å². The van der Waals surface area contributed by atoms with Gasteiger partial charge in [0.1, 0.15) is 6.29 Å². The van der Waals surface area contributed by atoms with Crippen LogP contribution in [0, 0.1) is 0 Å². The van der Waals surface area contributed by atoms with Crippen LogP contribution in [0.15, 0.2) is 9.21 Å². The van der Waals surface area contributed by atoms with Crippen LogP contribution in [0.3, 0.4) is 0 Å². The fraction of sp³-hybridized carbons (Fsp3) is 0.400. The number of hydrogen-bond acceptors (Lipinski definition) is 5. The van der Waals surface area contributed by atoms with E-state index in [9.17, 15) is 9.59 Å². The molecule has 0 aliphatic heterocycles. The minimum atomic E-state index is -0.717. The molecule has 0 spiro atoms. The Morgan fingerprint density at radius 2 is 2.45 bits per heavy atom. The number of carbonyl (C=O) groups is 1. The number of aryl methyl sites for hydroxylation is 1. The Kier molecular flexibility index (Phi) is 2.05. The van der Waals surface area contributed by atoms with E-state index in [-0.39, 0.29) is 12.3 Å². The molecule has 1 aromatic rings. The van der Waals surface area contributed by atoms with E-state index in [0.29, 0.717) is 11.2 Å². The Bertz CT molecular complexity index is 300. The molecule has 1 heterocycles. The van der Waals surface area contributed by atoms with Crippen LogP contribution in [0.2, 0.25) is 0 Å². The van der Waals surface area contributed by atoms with E-state index in [1.807, 2.05) is 0 Å². The zero-order chi connectivity index (χ0) is 8.27. The lowest BCUT2D eigenvalue weighted by Gasteiger charge is -1.82. The van der Waals surface area contributed by atoms with Crippen LogP contribution in [-0.4, -0.2) is 16.2 Å². The summed E-state index contributed by atoms with van der Waals surface area (Å²) < 4.78 is 4.53. The van der Waals surface area contributed by atoms with Gasteiger partial charge in [-0.15, -0.1) is 9.89 Å². The largest absolute Gasteiger partial charge is 0.456 e. The Morgan fingerprint density at radius 1 is 1.73 bits per heavy atom. The lowest BCUT2D eigenvalue weighted by atomic mass is 10.3. The molecule has 6 heteroatoms. The summed E-state index contributed by atoms with van der Waals surface area (Å²) in [4.78, 5) is 21.0. The first kappa shape index (κ1) is 7.52. The van der Waals surface area contributed by atoms with E-state index in [2.05, 4.69) is 9.52 Å². The number of aldehydes is 1. The number of nitrogens with two attached hydrogens (primary N) is 1. The van der Waals surface area contributed by atoms with Crippen LogP contribution in [0.1, 0.15) is 12.3 Å². The van der Waals surface area contributed by atoms with Gasteiger partial charge in [-0.1, -0.05) is 0 Å². The van der Waals surface area contributed by atoms with Gasteiger partial charge in [0.15, 0.2) is 0 Å². The van der Waals surface area contributed by atoms with Crippen molar-refractivity contribution < 1.29 is 9.21 Å². The minimum absolute atomic E-state index is 0.185. The van der Waals surface area contributed by atoms with Gasteiger partial charge in [0.05, 0.1) is 0 Å². The quantitative estimate of drug-likeness (QED) is 0.434. The van der Waals surface area contributed by atoms with Crippen LogP contribution in [0.5, 0.6) is 0 Å². The zero-order valence-corrected chi connectivity index (χ0v) is 5.69. The first-order valence-electron chi connectivity index (χ1n) is 3.02. The second-order valence-corrected chi connectivity index (χ2v) is 1.91. The summed E-state index contributed by atoms with van der Waals surface area (Å²) in [6.45, 7) is 0. The van der Waals surface area contributed by atoms with Gasteiger partial charge in [0, 0.05) is 12.8 Å². The molecule has 1 rings (SSSR count). The van der Waals surface area contributed by atoms with Gasteiger partial charge in [-0.2, -0.15) is 0 Å². The van der Waals surface area contributed by atoms with Crippen LogP contribution in [0.25, 0.3) is 0 Å². The third-order valence-electron chi connectivity index (χ3n) is 1.09. The van der Waals surface area contributed by atoms with Crippen LogP contribution in [0.4, 0.5) is 0 Å². The van der Waals surface area contributed by atoms with E-state index in [4.69, 9.17) is 5.84 Å². The van der Waals surface area contributed by atoms with Crippen molar-refractivity contribution in [2.24, 2.45) is 0 Å². The van der Waals surface area contributed by atoms with E-state index in [1.54, 1.807) is 0 Å². The zero-order valence-electron chi connectivity index (χ0n) is 5.69. The number of carbonyl (C=O) groups excluding carboxylic acids is 1.